The molecule has 0 radical (unpaired) electrons. The Bertz CT molecular complexity index is 544. The zero-order valence-electron chi connectivity index (χ0n) is 11.4. The van der Waals surface area contributed by atoms with Crippen molar-refractivity contribution in [3.8, 4) is 0 Å². The minimum absolute atomic E-state index is 0.0351. The monoisotopic (exact) mass is 280 g/mol. The van der Waals surface area contributed by atoms with Crippen molar-refractivity contribution < 1.29 is 19.5 Å². The average molecular weight is 280 g/mol. The fourth-order valence-corrected chi connectivity index (χ4v) is 2.18. The van der Waals surface area contributed by atoms with E-state index in [1.807, 2.05) is 13.8 Å². The molecule has 0 spiro atoms. The van der Waals surface area contributed by atoms with Crippen molar-refractivity contribution in [2.24, 2.45) is 5.41 Å². The summed E-state index contributed by atoms with van der Waals surface area (Å²) in [6.07, 6.45) is 2.04. The minimum atomic E-state index is -1.03. The molecule has 1 aliphatic rings. The fraction of sp³-hybridized carbons (Fsp3) is 0.583. The van der Waals surface area contributed by atoms with Crippen LogP contribution in [0.15, 0.2) is 6.20 Å². The third-order valence-corrected chi connectivity index (χ3v) is 3.07. The molecule has 8 nitrogen and oxygen atoms in total. The second-order valence-electron chi connectivity index (χ2n) is 5.69. The molecule has 0 unspecified atom stereocenters. The maximum absolute atomic E-state index is 12.0. The molecular formula is C12H16N4O4. The zero-order chi connectivity index (χ0) is 14.9. The van der Waals surface area contributed by atoms with Gasteiger partial charge in [-0.2, -0.15) is 0 Å². The Labute approximate surface area is 115 Å². The van der Waals surface area contributed by atoms with Gasteiger partial charge < -0.3 is 5.11 Å². The van der Waals surface area contributed by atoms with E-state index in [2.05, 4.69) is 10.3 Å². The number of aliphatic carboxylic acids is 1. The number of likely N-dealkylation sites (tertiary alicyclic amines) is 1. The van der Waals surface area contributed by atoms with E-state index < -0.39 is 5.97 Å². The van der Waals surface area contributed by atoms with E-state index in [9.17, 15) is 14.4 Å². The fourth-order valence-electron chi connectivity index (χ4n) is 2.18. The first-order valence-corrected chi connectivity index (χ1v) is 6.21. The first-order valence-electron chi connectivity index (χ1n) is 6.21. The molecule has 2 heterocycles. The highest BCUT2D eigenvalue weighted by Gasteiger charge is 2.37. The Hall–Kier alpha value is -2.25. The molecule has 20 heavy (non-hydrogen) atoms. The quantitative estimate of drug-likeness (QED) is 0.780. The molecule has 0 aliphatic carbocycles. The molecule has 1 N–H and O–H groups in total. The summed E-state index contributed by atoms with van der Waals surface area (Å²) in [5.41, 5.74) is 0.0821. The third-order valence-electron chi connectivity index (χ3n) is 3.07. The van der Waals surface area contributed by atoms with Crippen molar-refractivity contribution in [1.29, 1.82) is 0 Å². The summed E-state index contributed by atoms with van der Waals surface area (Å²) in [6.45, 7) is 3.49. The second-order valence-corrected chi connectivity index (χ2v) is 5.69. The molecule has 0 aromatic carbocycles. The van der Waals surface area contributed by atoms with Crippen LogP contribution >= 0.6 is 0 Å². The summed E-state index contributed by atoms with van der Waals surface area (Å²) in [4.78, 5) is 35.6. The van der Waals surface area contributed by atoms with Gasteiger partial charge in [-0.3, -0.25) is 19.3 Å². The maximum atomic E-state index is 12.0. The number of hydrogen-bond acceptors (Lipinski definition) is 5. The molecule has 0 saturated carbocycles. The third kappa shape index (κ3) is 3.19. The molecular weight excluding hydrogens is 264 g/mol. The first kappa shape index (κ1) is 14.2. The Morgan fingerprint density at radius 3 is 2.50 bits per heavy atom. The summed E-state index contributed by atoms with van der Waals surface area (Å²) < 4.78 is 1.15. The van der Waals surface area contributed by atoms with E-state index >= 15 is 0 Å². The number of imide groups is 1. The van der Waals surface area contributed by atoms with Crippen molar-refractivity contribution in [3.05, 3.63) is 11.9 Å². The van der Waals surface area contributed by atoms with Crippen LogP contribution in [0, 0.1) is 5.41 Å². The summed E-state index contributed by atoms with van der Waals surface area (Å²) in [5, 5.41) is 16.0. The van der Waals surface area contributed by atoms with Crippen molar-refractivity contribution in [2.75, 3.05) is 0 Å². The van der Waals surface area contributed by atoms with Crippen LogP contribution in [0.4, 0.5) is 0 Å². The number of carbonyl (C=O) groups excluding carboxylic acids is 2. The van der Waals surface area contributed by atoms with Gasteiger partial charge in [0.2, 0.25) is 11.8 Å². The lowest BCUT2D eigenvalue weighted by Crippen LogP contribution is -2.45. The number of piperidine rings is 1. The molecule has 108 valence electrons. The average Bonchev–Trinajstić information content (AvgIpc) is 2.69. The highest BCUT2D eigenvalue weighted by molar-refractivity contribution is 5.98. The van der Waals surface area contributed by atoms with Crippen LogP contribution in [0.25, 0.3) is 0 Å². The maximum Gasteiger partial charge on any atom is 0.325 e. The Balaban J connectivity index is 2.06. The van der Waals surface area contributed by atoms with Crippen LogP contribution in [0.3, 0.4) is 0 Å². The van der Waals surface area contributed by atoms with Crippen LogP contribution < -0.4 is 0 Å². The van der Waals surface area contributed by atoms with Crippen molar-refractivity contribution in [1.82, 2.24) is 19.9 Å². The Kier molecular flexibility index (Phi) is 3.56. The standard InChI is InChI=1S/C12H16N4O4/c1-12(2)3-9(17)16(10(18)4-12)6-8-5-15(14-13-8)7-11(19)20/h5H,3-4,6-7H2,1-2H3,(H,19,20). The normalized spacial score (nSPS) is 18.4. The van der Waals surface area contributed by atoms with Gasteiger partial charge in [-0.05, 0) is 5.41 Å². The zero-order valence-corrected chi connectivity index (χ0v) is 11.4. The van der Waals surface area contributed by atoms with Gasteiger partial charge in [0.15, 0.2) is 0 Å². The highest BCUT2D eigenvalue weighted by Crippen LogP contribution is 2.31. The van der Waals surface area contributed by atoms with E-state index in [0.717, 1.165) is 9.58 Å². The van der Waals surface area contributed by atoms with E-state index in [1.54, 1.807) is 0 Å². The van der Waals surface area contributed by atoms with Crippen molar-refractivity contribution >= 4 is 17.8 Å². The van der Waals surface area contributed by atoms with Gasteiger partial charge in [-0.25, -0.2) is 4.68 Å². The number of amides is 2. The molecule has 1 aromatic rings. The van der Waals surface area contributed by atoms with Crippen molar-refractivity contribution in [3.63, 3.8) is 0 Å². The minimum Gasteiger partial charge on any atom is -0.480 e. The van der Waals surface area contributed by atoms with Gasteiger partial charge in [0.1, 0.15) is 12.2 Å². The van der Waals surface area contributed by atoms with E-state index in [-0.39, 0.29) is 30.3 Å². The number of carboxylic acid groups (broad SMARTS) is 1. The van der Waals surface area contributed by atoms with Gasteiger partial charge >= 0.3 is 5.97 Å². The lowest BCUT2D eigenvalue weighted by atomic mass is 9.82. The van der Waals surface area contributed by atoms with Crippen LogP contribution in [-0.2, 0) is 27.5 Å². The SMILES string of the molecule is CC1(C)CC(=O)N(Cc2cn(CC(=O)O)nn2)C(=O)C1. The second kappa shape index (κ2) is 5.03. The Morgan fingerprint density at radius 1 is 1.35 bits per heavy atom. The van der Waals surface area contributed by atoms with Gasteiger partial charge in [0, 0.05) is 12.8 Å². The highest BCUT2D eigenvalue weighted by atomic mass is 16.4. The van der Waals surface area contributed by atoms with Crippen molar-refractivity contribution in [2.45, 2.75) is 39.8 Å². The smallest absolute Gasteiger partial charge is 0.325 e. The number of aromatic nitrogens is 3. The summed E-state index contributed by atoms with van der Waals surface area (Å²) in [5.74, 6) is -1.51. The van der Waals surface area contributed by atoms with E-state index in [4.69, 9.17) is 5.11 Å². The van der Waals surface area contributed by atoms with E-state index in [0.29, 0.717) is 18.5 Å². The lowest BCUT2D eigenvalue weighted by Gasteiger charge is -2.34. The predicted molar refractivity (Wildman–Crippen MR) is 66.2 cm³/mol. The predicted octanol–water partition coefficient (Wildman–Crippen LogP) is 0.0379. The Morgan fingerprint density at radius 2 is 1.95 bits per heavy atom. The largest absolute Gasteiger partial charge is 0.480 e. The molecule has 1 saturated heterocycles. The summed E-state index contributed by atoms with van der Waals surface area (Å²) in [7, 11) is 0. The molecule has 0 atom stereocenters. The molecule has 2 rings (SSSR count). The molecule has 1 aliphatic heterocycles. The molecule has 1 aromatic heterocycles. The van der Waals surface area contributed by atoms with Crippen LogP contribution in [0.1, 0.15) is 32.4 Å². The number of hydrogen-bond donors (Lipinski definition) is 1. The van der Waals surface area contributed by atoms with Gasteiger partial charge in [-0.1, -0.05) is 19.1 Å². The molecule has 2 amide bonds. The van der Waals surface area contributed by atoms with Gasteiger partial charge in [0.05, 0.1) is 12.7 Å². The topological polar surface area (TPSA) is 105 Å². The van der Waals surface area contributed by atoms with Crippen LogP contribution in [0.5, 0.6) is 0 Å². The van der Waals surface area contributed by atoms with Crippen LogP contribution in [0.2, 0.25) is 0 Å². The summed E-state index contributed by atoms with van der Waals surface area (Å²) >= 11 is 0. The summed E-state index contributed by atoms with van der Waals surface area (Å²) in [6, 6.07) is 0. The van der Waals surface area contributed by atoms with E-state index in [1.165, 1.54) is 6.20 Å². The molecule has 8 heteroatoms. The number of carbonyl (C=O) groups is 3. The van der Waals surface area contributed by atoms with Crippen LogP contribution in [-0.4, -0.2) is 42.8 Å². The number of carboxylic acids is 1. The number of rotatable bonds is 4. The lowest BCUT2D eigenvalue weighted by molar-refractivity contribution is -0.153. The molecule has 0 bridgehead atoms. The van der Waals surface area contributed by atoms with Gasteiger partial charge in [0.25, 0.3) is 0 Å². The molecule has 1 fully saturated rings. The van der Waals surface area contributed by atoms with Gasteiger partial charge in [-0.15, -0.1) is 5.10 Å². The first-order chi connectivity index (χ1) is 9.27. The number of nitrogens with zero attached hydrogens (tertiary/aromatic N) is 4.